The quantitative estimate of drug-likeness (QED) is 0.272. The zero-order valence-corrected chi connectivity index (χ0v) is 14.1. The summed E-state index contributed by atoms with van der Waals surface area (Å²) in [5.41, 5.74) is 0. The fraction of sp³-hybridized carbons (Fsp3) is 0.625. The Morgan fingerprint density at radius 1 is 0.680 bits per heavy atom. The van der Waals surface area contributed by atoms with Gasteiger partial charge in [-0.1, -0.05) is 35.5 Å². The van der Waals surface area contributed by atoms with E-state index in [1.807, 2.05) is 0 Å². The molecule has 0 spiro atoms. The average Bonchev–Trinajstić information content (AvgIpc) is 2.54. The molecule has 0 aliphatic carbocycles. The third kappa shape index (κ3) is 15.6. The highest BCUT2D eigenvalue weighted by Crippen LogP contribution is 2.06. The molecule has 1 unspecified atom stereocenters. The molecule has 140 valence electrons. The molecular weight excluding hydrogens is 336 g/mol. The van der Waals surface area contributed by atoms with Crippen LogP contribution in [0.1, 0.15) is 6.92 Å². The molecule has 9 heteroatoms. The van der Waals surface area contributed by atoms with Crippen molar-refractivity contribution in [1.29, 1.82) is 0 Å². The van der Waals surface area contributed by atoms with Gasteiger partial charge >= 0.3 is 6.16 Å². The van der Waals surface area contributed by atoms with E-state index in [1.165, 1.54) is 14.0 Å². The van der Waals surface area contributed by atoms with E-state index < -0.39 is 12.1 Å². The summed E-state index contributed by atoms with van der Waals surface area (Å²) in [6.45, 7) is 0.151. The molecule has 0 aromatic carbocycles. The smallest absolute Gasteiger partial charge is 0.384 e. The summed E-state index contributed by atoms with van der Waals surface area (Å²) in [5, 5.41) is 36.8. The number of aliphatic hydroxyl groups is 4. The van der Waals surface area contributed by atoms with Gasteiger partial charge in [0.15, 0.2) is 0 Å². The van der Waals surface area contributed by atoms with E-state index in [0.29, 0.717) is 0 Å². The number of rotatable bonds is 9. The van der Waals surface area contributed by atoms with Crippen LogP contribution in [-0.2, 0) is 23.7 Å². The van der Waals surface area contributed by atoms with Crippen molar-refractivity contribution in [3.8, 4) is 35.5 Å². The van der Waals surface area contributed by atoms with Crippen LogP contribution < -0.4 is 0 Å². The molecule has 0 aromatic rings. The van der Waals surface area contributed by atoms with Crippen molar-refractivity contribution in [2.45, 2.75) is 19.1 Å². The first-order valence-corrected chi connectivity index (χ1v) is 7.03. The minimum absolute atomic E-state index is 0.133. The third-order valence-corrected chi connectivity index (χ3v) is 2.16. The summed E-state index contributed by atoms with van der Waals surface area (Å²) >= 11 is 0. The van der Waals surface area contributed by atoms with Crippen LogP contribution in [0, 0.1) is 35.5 Å². The van der Waals surface area contributed by atoms with Crippen molar-refractivity contribution in [3.63, 3.8) is 0 Å². The Morgan fingerprint density at radius 2 is 1.08 bits per heavy atom. The first-order chi connectivity index (χ1) is 11.8. The SMILES string of the molecule is COCC#CCOC(O)(O)OCC#CCOC(C)(O)OCC#CCO. The van der Waals surface area contributed by atoms with Crippen LogP contribution in [0.25, 0.3) is 0 Å². The molecule has 0 aliphatic rings. The Kier molecular flexibility index (Phi) is 12.7. The molecule has 4 N–H and O–H groups in total. The van der Waals surface area contributed by atoms with Gasteiger partial charge < -0.3 is 34.6 Å². The summed E-state index contributed by atoms with van der Waals surface area (Å²) in [5.74, 6) is 12.8. The molecule has 0 saturated carbocycles. The number of methoxy groups -OCH3 is 1. The molecule has 9 nitrogen and oxygen atoms in total. The first-order valence-electron chi connectivity index (χ1n) is 7.03. The lowest BCUT2D eigenvalue weighted by Crippen LogP contribution is -2.35. The summed E-state index contributed by atoms with van der Waals surface area (Å²) in [6.07, 6.45) is -2.82. The minimum Gasteiger partial charge on any atom is -0.384 e. The second-order valence-electron chi connectivity index (χ2n) is 4.25. The lowest BCUT2D eigenvalue weighted by Gasteiger charge is -2.21. The predicted molar refractivity (Wildman–Crippen MR) is 83.9 cm³/mol. The lowest BCUT2D eigenvalue weighted by atomic mass is 10.5. The largest absolute Gasteiger partial charge is 0.409 e. The maximum atomic E-state index is 9.66. The highest BCUT2D eigenvalue weighted by atomic mass is 16.9. The zero-order chi connectivity index (χ0) is 19.0. The molecule has 0 heterocycles. The summed E-state index contributed by atoms with van der Waals surface area (Å²) in [4.78, 5) is 0. The summed E-state index contributed by atoms with van der Waals surface area (Å²) < 4.78 is 23.7. The Labute approximate surface area is 146 Å². The second kappa shape index (κ2) is 13.6. The second-order valence-corrected chi connectivity index (χ2v) is 4.25. The van der Waals surface area contributed by atoms with E-state index in [2.05, 4.69) is 49.7 Å². The Balaban J connectivity index is 3.97. The van der Waals surface area contributed by atoms with E-state index >= 15 is 0 Å². The van der Waals surface area contributed by atoms with E-state index in [1.54, 1.807) is 0 Å². The van der Waals surface area contributed by atoms with Gasteiger partial charge in [0.2, 0.25) is 0 Å². The van der Waals surface area contributed by atoms with Gasteiger partial charge in [0.1, 0.15) is 39.6 Å². The highest BCUT2D eigenvalue weighted by Gasteiger charge is 2.24. The molecular formula is C16H22O9. The number of hydrogen-bond donors (Lipinski definition) is 4. The van der Waals surface area contributed by atoms with Crippen LogP contribution in [0.3, 0.4) is 0 Å². The summed E-state index contributed by atoms with van der Waals surface area (Å²) in [7, 11) is 1.47. The van der Waals surface area contributed by atoms with Gasteiger partial charge in [-0.25, -0.2) is 0 Å². The molecule has 0 rings (SSSR count). The Bertz CT molecular complexity index is 537. The van der Waals surface area contributed by atoms with Crippen LogP contribution in [0.4, 0.5) is 0 Å². The van der Waals surface area contributed by atoms with E-state index in [-0.39, 0.29) is 39.6 Å². The highest BCUT2D eigenvalue weighted by molar-refractivity contribution is 5.00. The molecule has 0 saturated heterocycles. The van der Waals surface area contributed by atoms with Gasteiger partial charge in [-0.05, 0) is 0 Å². The fourth-order valence-electron chi connectivity index (χ4n) is 1.07. The molecule has 25 heavy (non-hydrogen) atoms. The van der Waals surface area contributed by atoms with Crippen molar-refractivity contribution >= 4 is 0 Å². The molecule has 0 amide bonds. The van der Waals surface area contributed by atoms with Crippen molar-refractivity contribution in [2.75, 3.05) is 46.8 Å². The van der Waals surface area contributed by atoms with Gasteiger partial charge in [0, 0.05) is 14.0 Å². The van der Waals surface area contributed by atoms with Crippen LogP contribution >= 0.6 is 0 Å². The maximum absolute atomic E-state index is 9.66. The zero-order valence-electron chi connectivity index (χ0n) is 14.1. The van der Waals surface area contributed by atoms with Crippen molar-refractivity contribution in [3.05, 3.63) is 0 Å². The van der Waals surface area contributed by atoms with Crippen LogP contribution in [0.5, 0.6) is 0 Å². The van der Waals surface area contributed by atoms with Gasteiger partial charge in [-0.2, -0.15) is 0 Å². The lowest BCUT2D eigenvalue weighted by molar-refractivity contribution is -0.464. The molecule has 0 aliphatic heterocycles. The van der Waals surface area contributed by atoms with Crippen LogP contribution in [0.15, 0.2) is 0 Å². The number of hydrogen-bond acceptors (Lipinski definition) is 9. The predicted octanol–water partition coefficient (Wildman–Crippen LogP) is -2.04. The molecule has 0 radical (unpaired) electrons. The summed E-state index contributed by atoms with van der Waals surface area (Å²) in [6, 6.07) is 0. The normalized spacial score (nSPS) is 12.7. The number of aliphatic hydroxyl groups excluding tert-OH is 1. The van der Waals surface area contributed by atoms with Crippen molar-refractivity contribution in [1.82, 2.24) is 0 Å². The molecule has 0 bridgehead atoms. The number of ether oxygens (including phenoxy) is 5. The molecule has 0 aromatic heterocycles. The standard InChI is InChI=1S/C16H22O9/c1-15(18,22-11-4-3-9-17)23-12-7-8-14-25-16(19,20)24-13-6-5-10-21-2/h17-20H,9-14H2,1-2H3. The van der Waals surface area contributed by atoms with Gasteiger partial charge in [0.05, 0.1) is 0 Å². The van der Waals surface area contributed by atoms with Gasteiger partial charge in [-0.15, -0.1) is 0 Å². The van der Waals surface area contributed by atoms with Crippen LogP contribution in [0.2, 0.25) is 0 Å². The average molecular weight is 358 g/mol. The van der Waals surface area contributed by atoms with Crippen LogP contribution in [-0.4, -0.2) is 79.3 Å². The molecule has 0 fully saturated rings. The maximum Gasteiger partial charge on any atom is 0.409 e. The van der Waals surface area contributed by atoms with Gasteiger partial charge in [0.25, 0.3) is 5.97 Å². The molecule has 1 atom stereocenters. The van der Waals surface area contributed by atoms with Crippen molar-refractivity contribution in [2.24, 2.45) is 0 Å². The monoisotopic (exact) mass is 358 g/mol. The first kappa shape index (κ1) is 23.3. The van der Waals surface area contributed by atoms with E-state index in [4.69, 9.17) is 14.6 Å². The van der Waals surface area contributed by atoms with Gasteiger partial charge in [-0.3, -0.25) is 9.47 Å². The fourth-order valence-corrected chi connectivity index (χ4v) is 1.07. The van der Waals surface area contributed by atoms with E-state index in [0.717, 1.165) is 0 Å². The topological polar surface area (TPSA) is 127 Å². The van der Waals surface area contributed by atoms with Crippen molar-refractivity contribution < 1.29 is 44.1 Å². The Morgan fingerprint density at radius 3 is 1.52 bits per heavy atom. The minimum atomic E-state index is -2.82. The Hall–Kier alpha value is -1.68. The third-order valence-electron chi connectivity index (χ3n) is 2.16. The van der Waals surface area contributed by atoms with E-state index in [9.17, 15) is 15.3 Å².